The van der Waals surface area contributed by atoms with E-state index < -0.39 is 0 Å². The SMILES string of the molecule is C=CCCOc1ccc(CNCCC)cc1Br. The molecule has 0 radical (unpaired) electrons. The van der Waals surface area contributed by atoms with Crippen LogP contribution in [0.4, 0.5) is 0 Å². The molecule has 94 valence electrons. The van der Waals surface area contributed by atoms with Crippen LogP contribution in [0.25, 0.3) is 0 Å². The van der Waals surface area contributed by atoms with Crippen molar-refractivity contribution in [2.24, 2.45) is 0 Å². The van der Waals surface area contributed by atoms with Crippen molar-refractivity contribution in [1.29, 1.82) is 0 Å². The molecule has 0 aromatic heterocycles. The average molecular weight is 298 g/mol. The van der Waals surface area contributed by atoms with Gasteiger partial charge in [0.2, 0.25) is 0 Å². The van der Waals surface area contributed by atoms with Crippen molar-refractivity contribution in [3.63, 3.8) is 0 Å². The van der Waals surface area contributed by atoms with Crippen molar-refractivity contribution >= 4 is 15.9 Å². The van der Waals surface area contributed by atoms with Crippen molar-refractivity contribution in [2.45, 2.75) is 26.3 Å². The van der Waals surface area contributed by atoms with Gasteiger partial charge in [0.1, 0.15) is 5.75 Å². The van der Waals surface area contributed by atoms with Gasteiger partial charge in [-0.3, -0.25) is 0 Å². The second-order valence-corrected chi connectivity index (χ2v) is 4.72. The fourth-order valence-corrected chi connectivity index (χ4v) is 1.97. The van der Waals surface area contributed by atoms with Gasteiger partial charge in [0.05, 0.1) is 11.1 Å². The first-order valence-electron chi connectivity index (χ1n) is 6.00. The summed E-state index contributed by atoms with van der Waals surface area (Å²) in [6.07, 6.45) is 3.88. The van der Waals surface area contributed by atoms with Gasteiger partial charge in [-0.25, -0.2) is 0 Å². The summed E-state index contributed by atoms with van der Waals surface area (Å²) in [7, 11) is 0. The van der Waals surface area contributed by atoms with Crippen LogP contribution in [0.5, 0.6) is 5.75 Å². The summed E-state index contributed by atoms with van der Waals surface area (Å²) in [5, 5.41) is 3.38. The van der Waals surface area contributed by atoms with Crippen LogP contribution in [-0.2, 0) is 6.54 Å². The highest BCUT2D eigenvalue weighted by molar-refractivity contribution is 9.10. The molecule has 0 heterocycles. The van der Waals surface area contributed by atoms with Gasteiger partial charge in [0.15, 0.2) is 0 Å². The van der Waals surface area contributed by atoms with Crippen LogP contribution < -0.4 is 10.1 Å². The Kier molecular flexibility index (Phi) is 6.97. The predicted octanol–water partition coefficient (Wildman–Crippen LogP) is 3.90. The van der Waals surface area contributed by atoms with Crippen LogP contribution in [0.2, 0.25) is 0 Å². The first-order chi connectivity index (χ1) is 8.27. The molecule has 3 heteroatoms. The summed E-state index contributed by atoms with van der Waals surface area (Å²) in [5.74, 6) is 0.895. The molecule has 0 aliphatic carbocycles. The highest BCUT2D eigenvalue weighted by Crippen LogP contribution is 2.26. The third-order valence-corrected chi connectivity index (χ3v) is 2.95. The summed E-state index contributed by atoms with van der Waals surface area (Å²) < 4.78 is 6.63. The standard InChI is InChI=1S/C14H20BrNO/c1-3-5-9-17-14-7-6-12(10-13(14)15)11-16-8-4-2/h3,6-7,10,16H,1,4-5,8-9,11H2,2H3. The molecule has 0 bridgehead atoms. The molecule has 0 aliphatic heterocycles. The molecule has 1 aromatic carbocycles. The van der Waals surface area contributed by atoms with Gasteiger partial charge in [-0.1, -0.05) is 19.1 Å². The van der Waals surface area contributed by atoms with Crippen LogP contribution in [0.3, 0.4) is 0 Å². The lowest BCUT2D eigenvalue weighted by molar-refractivity contribution is 0.323. The Balaban J connectivity index is 2.50. The van der Waals surface area contributed by atoms with E-state index in [0.717, 1.165) is 36.2 Å². The second-order valence-electron chi connectivity index (χ2n) is 3.87. The maximum Gasteiger partial charge on any atom is 0.133 e. The van der Waals surface area contributed by atoms with Crippen molar-refractivity contribution < 1.29 is 4.74 Å². The Bertz CT molecular complexity index is 352. The van der Waals surface area contributed by atoms with Crippen molar-refractivity contribution in [2.75, 3.05) is 13.2 Å². The zero-order valence-electron chi connectivity index (χ0n) is 10.3. The average Bonchev–Trinajstić information content (AvgIpc) is 2.32. The van der Waals surface area contributed by atoms with Gasteiger partial charge >= 0.3 is 0 Å². The van der Waals surface area contributed by atoms with Crippen molar-refractivity contribution in [3.8, 4) is 5.75 Å². The van der Waals surface area contributed by atoms with Gasteiger partial charge in [0, 0.05) is 6.54 Å². The van der Waals surface area contributed by atoms with Crippen molar-refractivity contribution in [1.82, 2.24) is 5.32 Å². The quantitative estimate of drug-likeness (QED) is 0.580. The topological polar surface area (TPSA) is 21.3 Å². The molecule has 0 amide bonds. The number of hydrogen-bond donors (Lipinski definition) is 1. The molecule has 1 rings (SSSR count). The van der Waals surface area contributed by atoms with E-state index in [1.165, 1.54) is 5.56 Å². The zero-order chi connectivity index (χ0) is 12.5. The fraction of sp³-hybridized carbons (Fsp3) is 0.429. The second kappa shape index (κ2) is 8.31. The summed E-state index contributed by atoms with van der Waals surface area (Å²) in [6.45, 7) is 8.47. The Morgan fingerprint density at radius 2 is 2.29 bits per heavy atom. The molecule has 17 heavy (non-hydrogen) atoms. The number of benzene rings is 1. The van der Waals surface area contributed by atoms with Gasteiger partial charge < -0.3 is 10.1 Å². The van der Waals surface area contributed by atoms with E-state index >= 15 is 0 Å². The Labute approximate surface area is 112 Å². The number of hydrogen-bond acceptors (Lipinski definition) is 2. The minimum absolute atomic E-state index is 0.676. The molecule has 0 fully saturated rings. The minimum atomic E-state index is 0.676. The lowest BCUT2D eigenvalue weighted by Crippen LogP contribution is -2.13. The van der Waals surface area contributed by atoms with Gasteiger partial charge in [-0.05, 0) is 53.0 Å². The number of ether oxygens (including phenoxy) is 1. The largest absolute Gasteiger partial charge is 0.492 e. The summed E-state index contributed by atoms with van der Waals surface area (Å²) >= 11 is 3.53. The molecule has 0 saturated carbocycles. The van der Waals surface area contributed by atoms with E-state index in [9.17, 15) is 0 Å². The molecule has 0 aliphatic rings. The van der Waals surface area contributed by atoms with E-state index in [0.29, 0.717) is 6.61 Å². The smallest absolute Gasteiger partial charge is 0.133 e. The third kappa shape index (κ3) is 5.37. The highest BCUT2D eigenvalue weighted by Gasteiger charge is 2.02. The van der Waals surface area contributed by atoms with Crippen LogP contribution in [0.1, 0.15) is 25.3 Å². The zero-order valence-corrected chi connectivity index (χ0v) is 11.9. The van der Waals surface area contributed by atoms with E-state index in [2.05, 4.69) is 46.9 Å². The molecule has 0 atom stereocenters. The van der Waals surface area contributed by atoms with E-state index in [1.54, 1.807) is 0 Å². The Hall–Kier alpha value is -0.800. The molecule has 2 nitrogen and oxygen atoms in total. The molecule has 0 saturated heterocycles. The lowest BCUT2D eigenvalue weighted by Gasteiger charge is -2.09. The molecular weight excluding hydrogens is 278 g/mol. The van der Waals surface area contributed by atoms with Crippen LogP contribution in [0.15, 0.2) is 35.3 Å². The summed E-state index contributed by atoms with van der Waals surface area (Å²) in [4.78, 5) is 0. The fourth-order valence-electron chi connectivity index (χ4n) is 1.43. The third-order valence-electron chi connectivity index (χ3n) is 2.33. The molecular formula is C14H20BrNO. The molecule has 0 unspecified atom stereocenters. The van der Waals surface area contributed by atoms with Crippen LogP contribution in [0, 0.1) is 0 Å². The first-order valence-corrected chi connectivity index (χ1v) is 6.80. The van der Waals surface area contributed by atoms with Gasteiger partial charge in [-0.2, -0.15) is 0 Å². The lowest BCUT2D eigenvalue weighted by atomic mass is 10.2. The van der Waals surface area contributed by atoms with Crippen LogP contribution >= 0.6 is 15.9 Å². The van der Waals surface area contributed by atoms with Gasteiger partial charge in [-0.15, -0.1) is 6.58 Å². The minimum Gasteiger partial charge on any atom is -0.492 e. The Morgan fingerprint density at radius 3 is 2.94 bits per heavy atom. The van der Waals surface area contributed by atoms with Gasteiger partial charge in [0.25, 0.3) is 0 Å². The van der Waals surface area contributed by atoms with E-state index in [-0.39, 0.29) is 0 Å². The summed E-state index contributed by atoms with van der Waals surface area (Å²) in [6, 6.07) is 6.21. The van der Waals surface area contributed by atoms with E-state index in [1.807, 2.05) is 12.1 Å². The maximum absolute atomic E-state index is 5.62. The first kappa shape index (κ1) is 14.3. The molecule has 0 spiro atoms. The van der Waals surface area contributed by atoms with E-state index in [4.69, 9.17) is 4.74 Å². The monoisotopic (exact) mass is 297 g/mol. The predicted molar refractivity (Wildman–Crippen MR) is 76.4 cm³/mol. The number of halogens is 1. The van der Waals surface area contributed by atoms with Crippen molar-refractivity contribution in [3.05, 3.63) is 40.9 Å². The highest BCUT2D eigenvalue weighted by atomic mass is 79.9. The molecule has 1 aromatic rings. The number of nitrogens with one attached hydrogen (secondary N) is 1. The van der Waals surface area contributed by atoms with Crippen LogP contribution in [-0.4, -0.2) is 13.2 Å². The normalized spacial score (nSPS) is 10.2. The number of rotatable bonds is 8. The summed E-state index contributed by atoms with van der Waals surface area (Å²) in [5.41, 5.74) is 1.27. The Morgan fingerprint density at radius 1 is 1.47 bits per heavy atom. The maximum atomic E-state index is 5.62. The molecule has 1 N–H and O–H groups in total.